The van der Waals surface area contributed by atoms with Crippen LogP contribution in [0.5, 0.6) is 0 Å². The zero-order valence-electron chi connectivity index (χ0n) is 18.5. The maximum absolute atomic E-state index is 12.5. The molecule has 0 saturated carbocycles. The van der Waals surface area contributed by atoms with Gasteiger partial charge in [0, 0.05) is 11.1 Å². The molecule has 3 aromatic rings. The Bertz CT molecular complexity index is 1740. The summed E-state index contributed by atoms with van der Waals surface area (Å²) in [7, 11) is -13.9. The molecule has 0 spiro atoms. The summed E-state index contributed by atoms with van der Waals surface area (Å²) in [5, 5.41) is 10.0. The second kappa shape index (κ2) is 10.4. The molecule has 3 rings (SSSR count). The predicted molar refractivity (Wildman–Crippen MR) is 132 cm³/mol. The van der Waals surface area contributed by atoms with Gasteiger partial charge in [0.2, 0.25) is 0 Å². The Labute approximate surface area is 210 Å². The number of fused-ring (bicyclic) bond motifs is 1. The molecule has 0 unspecified atom stereocenters. The normalized spacial score (nSPS) is 12.7. The maximum Gasteiger partial charge on any atom is 0.397 e. The molecule has 0 heterocycles. The number of hydrogen-bond donors (Lipinski definition) is 5. The van der Waals surface area contributed by atoms with Crippen molar-refractivity contribution in [3.63, 3.8) is 0 Å². The van der Waals surface area contributed by atoms with E-state index in [1.54, 1.807) is 0 Å². The number of urea groups is 1. The highest BCUT2D eigenvalue weighted by Gasteiger charge is 2.22. The number of azo groups is 1. The molecule has 0 aliphatic carbocycles. The quantitative estimate of drug-likeness (QED) is 0.141. The molecule has 2 amide bonds. The molecular formula is C19H19N5O10S3. The predicted octanol–water partition coefficient (Wildman–Crippen LogP) is 2.17. The third-order valence-corrected chi connectivity index (χ3v) is 7.75. The Kier molecular flexibility index (Phi) is 7.81. The maximum atomic E-state index is 12.5. The van der Waals surface area contributed by atoms with Gasteiger partial charge in [-0.2, -0.15) is 16.8 Å². The van der Waals surface area contributed by atoms with Crippen molar-refractivity contribution in [1.82, 2.24) is 0 Å². The number of nitrogens with two attached hydrogens (primary N) is 2. The zero-order chi connectivity index (χ0) is 27.6. The summed E-state index contributed by atoms with van der Waals surface area (Å²) in [4.78, 5) is 10.3. The molecule has 0 aromatic heterocycles. The van der Waals surface area contributed by atoms with Crippen LogP contribution in [0, 0.1) is 0 Å². The zero-order valence-corrected chi connectivity index (χ0v) is 20.9. The van der Waals surface area contributed by atoms with Gasteiger partial charge >= 0.3 is 16.4 Å². The van der Waals surface area contributed by atoms with Gasteiger partial charge in [0.05, 0.1) is 22.9 Å². The van der Waals surface area contributed by atoms with Gasteiger partial charge in [-0.15, -0.1) is 10.2 Å². The number of benzene rings is 3. The minimum atomic E-state index is -4.91. The summed E-state index contributed by atoms with van der Waals surface area (Å²) in [5.41, 5.74) is 10.9. The van der Waals surface area contributed by atoms with Crippen LogP contribution < -0.4 is 16.8 Å². The lowest BCUT2D eigenvalue weighted by molar-refractivity contribution is 0.259. The third kappa shape index (κ3) is 7.18. The lowest BCUT2D eigenvalue weighted by Crippen LogP contribution is -2.19. The molecule has 15 nitrogen and oxygen atoms in total. The molecule has 0 bridgehead atoms. The van der Waals surface area contributed by atoms with E-state index in [9.17, 15) is 34.6 Å². The number of anilines is 2. The number of primary amides is 1. The van der Waals surface area contributed by atoms with Crippen molar-refractivity contribution in [2.24, 2.45) is 16.0 Å². The van der Waals surface area contributed by atoms with Crippen LogP contribution in [0.2, 0.25) is 0 Å². The van der Waals surface area contributed by atoms with Crippen LogP contribution in [-0.4, -0.2) is 52.7 Å². The number of amides is 2. The minimum Gasteiger partial charge on any atom is -0.399 e. The van der Waals surface area contributed by atoms with E-state index in [-0.39, 0.29) is 38.4 Å². The van der Waals surface area contributed by atoms with E-state index >= 15 is 0 Å². The molecule has 7 N–H and O–H groups in total. The minimum absolute atomic E-state index is 0.0583. The van der Waals surface area contributed by atoms with Gasteiger partial charge in [-0.25, -0.2) is 17.4 Å². The number of nitrogens with one attached hydrogen (secondary N) is 1. The van der Waals surface area contributed by atoms with Crippen LogP contribution in [0.3, 0.4) is 0 Å². The summed E-state index contributed by atoms with van der Waals surface area (Å²) in [6.45, 7) is -0.855. The van der Waals surface area contributed by atoms with E-state index in [0.29, 0.717) is 0 Å². The van der Waals surface area contributed by atoms with Crippen LogP contribution in [-0.2, 0) is 34.5 Å². The molecule has 0 fully saturated rings. The number of nitrogen functional groups attached to an aromatic ring is 1. The van der Waals surface area contributed by atoms with Crippen molar-refractivity contribution in [2.45, 2.75) is 9.79 Å². The van der Waals surface area contributed by atoms with Crippen molar-refractivity contribution in [3.05, 3.63) is 48.5 Å². The summed E-state index contributed by atoms with van der Waals surface area (Å²) in [6.07, 6.45) is 0. The lowest BCUT2D eigenvalue weighted by atomic mass is 10.1. The standard InChI is InChI=1S/C19H19N5O10S3/c20-12-2-6-15(17(10-12)22-19(21)25)23-24-16-5-1-11-9-13(3-4-14(11)18(16)36(28,29)30)35(26,27)8-7-34-37(31,32)33/h1-6,9-10H,7-8,20H2,(H3,21,22,25)(H,28,29,30)(H,31,32,33)/b24-23+. The largest absolute Gasteiger partial charge is 0.399 e. The van der Waals surface area contributed by atoms with Crippen molar-refractivity contribution >= 4 is 69.9 Å². The smallest absolute Gasteiger partial charge is 0.397 e. The summed E-state index contributed by atoms with van der Waals surface area (Å²) >= 11 is 0. The average molecular weight is 574 g/mol. The molecule has 37 heavy (non-hydrogen) atoms. The molecular weight excluding hydrogens is 554 g/mol. The third-order valence-electron chi connectivity index (χ3n) is 4.67. The number of carbonyl (C=O) groups excluding carboxylic acids is 1. The van der Waals surface area contributed by atoms with E-state index < -0.39 is 53.6 Å². The van der Waals surface area contributed by atoms with Gasteiger partial charge in [0.25, 0.3) is 10.1 Å². The van der Waals surface area contributed by atoms with E-state index in [2.05, 4.69) is 19.7 Å². The Morgan fingerprint density at radius 3 is 2.19 bits per heavy atom. The number of nitrogens with zero attached hydrogens (tertiary/aromatic N) is 2. The van der Waals surface area contributed by atoms with E-state index in [0.717, 1.165) is 24.3 Å². The Morgan fingerprint density at radius 1 is 0.919 bits per heavy atom. The Hall–Kier alpha value is -3.68. The highest BCUT2D eigenvalue weighted by atomic mass is 32.3. The molecule has 18 heteroatoms. The van der Waals surface area contributed by atoms with E-state index in [1.807, 2.05) is 0 Å². The molecule has 0 radical (unpaired) electrons. The number of carbonyl (C=O) groups is 1. The van der Waals surface area contributed by atoms with Crippen molar-refractivity contribution in [3.8, 4) is 0 Å². The SMILES string of the molecule is NC(=O)Nc1cc(N)ccc1/N=N/c1ccc2cc(S(=O)(=O)CCOS(=O)(=O)O)ccc2c1S(=O)(=O)O. The first kappa shape index (κ1) is 27.9. The molecule has 0 saturated heterocycles. The molecule has 0 aliphatic rings. The van der Waals surface area contributed by atoms with Crippen LogP contribution in [0.1, 0.15) is 0 Å². The topological polar surface area (TPSA) is 258 Å². The van der Waals surface area contributed by atoms with Crippen LogP contribution >= 0.6 is 0 Å². The molecule has 0 aliphatic heterocycles. The van der Waals surface area contributed by atoms with Crippen molar-refractivity contribution in [2.75, 3.05) is 23.4 Å². The molecule has 0 atom stereocenters. The van der Waals surface area contributed by atoms with Gasteiger partial charge in [-0.05, 0) is 41.8 Å². The van der Waals surface area contributed by atoms with Crippen molar-refractivity contribution < 1.29 is 43.3 Å². The molecule has 198 valence electrons. The monoisotopic (exact) mass is 573 g/mol. The Balaban J connectivity index is 2.06. The lowest BCUT2D eigenvalue weighted by Gasteiger charge is -2.10. The number of hydrogen-bond acceptors (Lipinski definition) is 11. The number of rotatable bonds is 9. The highest BCUT2D eigenvalue weighted by molar-refractivity contribution is 7.91. The number of sulfone groups is 1. The second-order valence-corrected chi connectivity index (χ2v) is 11.9. The van der Waals surface area contributed by atoms with E-state index in [1.165, 1.54) is 24.3 Å². The first-order valence-corrected chi connectivity index (χ1v) is 14.3. The van der Waals surface area contributed by atoms with Gasteiger partial charge in [0.1, 0.15) is 16.3 Å². The van der Waals surface area contributed by atoms with Gasteiger partial charge in [-0.1, -0.05) is 12.1 Å². The van der Waals surface area contributed by atoms with Gasteiger partial charge < -0.3 is 16.8 Å². The fourth-order valence-electron chi connectivity index (χ4n) is 3.16. The Morgan fingerprint density at radius 2 is 1.57 bits per heavy atom. The average Bonchev–Trinajstić information content (AvgIpc) is 2.75. The van der Waals surface area contributed by atoms with Crippen LogP contribution in [0.25, 0.3) is 10.8 Å². The van der Waals surface area contributed by atoms with Gasteiger partial charge in [-0.3, -0.25) is 9.11 Å². The van der Waals surface area contributed by atoms with Gasteiger partial charge in [0.15, 0.2) is 9.84 Å². The van der Waals surface area contributed by atoms with Crippen LogP contribution in [0.15, 0.2) is 68.6 Å². The van der Waals surface area contributed by atoms with Crippen molar-refractivity contribution in [1.29, 1.82) is 0 Å². The first-order chi connectivity index (χ1) is 17.1. The van der Waals surface area contributed by atoms with E-state index in [4.69, 9.17) is 16.0 Å². The van der Waals surface area contributed by atoms with Crippen LogP contribution in [0.4, 0.5) is 27.5 Å². The first-order valence-electron chi connectivity index (χ1n) is 9.83. The summed E-state index contributed by atoms with van der Waals surface area (Å²) in [6, 6.07) is 8.96. The second-order valence-electron chi connectivity index (χ2n) is 7.31. The fraction of sp³-hybridized carbons (Fsp3) is 0.105. The summed E-state index contributed by atoms with van der Waals surface area (Å²) in [5.74, 6) is -0.807. The molecule has 3 aromatic carbocycles. The fourth-order valence-corrected chi connectivity index (χ4v) is 5.52. The summed E-state index contributed by atoms with van der Waals surface area (Å²) < 4.78 is 93.1. The highest BCUT2D eigenvalue weighted by Crippen LogP contribution is 2.36.